The SMILES string of the molecule is Cc1nc(-c2ccc(OCC(C)C)c(-c3cnoc3)c2)sc1C(=O)O. The second-order valence-electron chi connectivity index (χ2n) is 6.07. The molecule has 130 valence electrons. The minimum absolute atomic E-state index is 0.252. The Kier molecular flexibility index (Phi) is 4.85. The number of ether oxygens (including phenoxy) is 1. The molecule has 6 nitrogen and oxygen atoms in total. The van der Waals surface area contributed by atoms with Crippen molar-refractivity contribution >= 4 is 17.3 Å². The molecule has 3 rings (SSSR count). The first kappa shape index (κ1) is 17.2. The van der Waals surface area contributed by atoms with Crippen molar-refractivity contribution in [2.45, 2.75) is 20.8 Å². The Morgan fingerprint density at radius 2 is 2.16 bits per heavy atom. The maximum Gasteiger partial charge on any atom is 0.347 e. The van der Waals surface area contributed by atoms with E-state index in [0.29, 0.717) is 23.2 Å². The molecule has 0 aliphatic carbocycles. The first-order valence-electron chi connectivity index (χ1n) is 7.83. The maximum absolute atomic E-state index is 11.3. The molecular formula is C18H18N2O4S. The van der Waals surface area contributed by atoms with Crippen LogP contribution in [0, 0.1) is 12.8 Å². The highest BCUT2D eigenvalue weighted by Gasteiger charge is 2.17. The third kappa shape index (κ3) is 3.71. The number of thiazole rings is 1. The number of carboxylic acids is 1. The third-order valence-electron chi connectivity index (χ3n) is 3.53. The standard InChI is InChI=1S/C18H18N2O4S/c1-10(2)8-23-15-5-4-12(6-14(15)13-7-19-24-9-13)17-20-11(3)16(25-17)18(21)22/h4-7,9-10H,8H2,1-3H3,(H,21,22). The van der Waals surface area contributed by atoms with Gasteiger partial charge in [0.05, 0.1) is 18.5 Å². The minimum atomic E-state index is -0.961. The van der Waals surface area contributed by atoms with Crippen molar-refractivity contribution < 1.29 is 19.2 Å². The molecule has 0 aliphatic rings. The van der Waals surface area contributed by atoms with Gasteiger partial charge in [0.15, 0.2) is 0 Å². The van der Waals surface area contributed by atoms with Crippen LogP contribution in [0.1, 0.15) is 29.2 Å². The topological polar surface area (TPSA) is 85.5 Å². The van der Waals surface area contributed by atoms with E-state index in [-0.39, 0.29) is 4.88 Å². The highest BCUT2D eigenvalue weighted by Crippen LogP contribution is 2.36. The number of carboxylic acid groups (broad SMARTS) is 1. The monoisotopic (exact) mass is 358 g/mol. The van der Waals surface area contributed by atoms with Crippen LogP contribution in [-0.2, 0) is 0 Å². The fraction of sp³-hybridized carbons (Fsp3) is 0.278. The Balaban J connectivity index is 2.03. The zero-order valence-electron chi connectivity index (χ0n) is 14.1. The Hall–Kier alpha value is -2.67. The van der Waals surface area contributed by atoms with Crippen LogP contribution >= 0.6 is 11.3 Å². The lowest BCUT2D eigenvalue weighted by atomic mass is 10.0. The van der Waals surface area contributed by atoms with E-state index in [1.54, 1.807) is 19.4 Å². The molecule has 0 unspecified atom stereocenters. The predicted molar refractivity (Wildman–Crippen MR) is 95.1 cm³/mol. The zero-order valence-corrected chi connectivity index (χ0v) is 15.0. The van der Waals surface area contributed by atoms with E-state index in [0.717, 1.165) is 33.8 Å². The van der Waals surface area contributed by atoms with Crippen LogP contribution in [-0.4, -0.2) is 27.8 Å². The molecule has 1 aromatic carbocycles. The molecule has 2 aromatic heterocycles. The molecule has 3 aromatic rings. The van der Waals surface area contributed by atoms with Crippen molar-refractivity contribution in [3.8, 4) is 27.4 Å². The number of hydrogen-bond acceptors (Lipinski definition) is 6. The van der Waals surface area contributed by atoms with Gasteiger partial charge >= 0.3 is 5.97 Å². The Bertz CT molecular complexity index is 885. The van der Waals surface area contributed by atoms with Gasteiger partial charge in [0.1, 0.15) is 21.9 Å². The third-order valence-corrected chi connectivity index (χ3v) is 4.73. The number of hydrogen-bond donors (Lipinski definition) is 1. The number of benzene rings is 1. The van der Waals surface area contributed by atoms with Crippen molar-refractivity contribution in [3.63, 3.8) is 0 Å². The first-order valence-corrected chi connectivity index (χ1v) is 8.65. The van der Waals surface area contributed by atoms with Crippen molar-refractivity contribution in [1.82, 2.24) is 10.1 Å². The molecule has 0 spiro atoms. The molecule has 0 amide bonds. The normalized spacial score (nSPS) is 11.0. The van der Waals surface area contributed by atoms with Gasteiger partial charge < -0.3 is 14.4 Å². The molecule has 0 saturated heterocycles. The summed E-state index contributed by atoms with van der Waals surface area (Å²) in [6.45, 7) is 6.46. The van der Waals surface area contributed by atoms with Crippen LogP contribution in [0.15, 0.2) is 35.2 Å². The summed E-state index contributed by atoms with van der Waals surface area (Å²) in [5.41, 5.74) is 2.98. The van der Waals surface area contributed by atoms with Gasteiger partial charge in [-0.2, -0.15) is 0 Å². The van der Waals surface area contributed by atoms with Crippen LogP contribution in [0.5, 0.6) is 5.75 Å². The minimum Gasteiger partial charge on any atom is -0.493 e. The van der Waals surface area contributed by atoms with Crippen LogP contribution in [0.2, 0.25) is 0 Å². The molecule has 0 radical (unpaired) electrons. The molecule has 25 heavy (non-hydrogen) atoms. The van der Waals surface area contributed by atoms with E-state index in [9.17, 15) is 9.90 Å². The van der Waals surface area contributed by atoms with Crippen LogP contribution in [0.3, 0.4) is 0 Å². The van der Waals surface area contributed by atoms with Gasteiger partial charge in [0.25, 0.3) is 0 Å². The van der Waals surface area contributed by atoms with E-state index in [1.165, 1.54) is 0 Å². The number of carbonyl (C=O) groups is 1. The average Bonchev–Trinajstić information content (AvgIpc) is 3.22. The Labute approximate surface area is 149 Å². The van der Waals surface area contributed by atoms with Gasteiger partial charge in [-0.15, -0.1) is 11.3 Å². The van der Waals surface area contributed by atoms with Crippen LogP contribution in [0.4, 0.5) is 0 Å². The summed E-state index contributed by atoms with van der Waals surface area (Å²) in [6, 6.07) is 5.68. The van der Waals surface area contributed by atoms with E-state index in [2.05, 4.69) is 24.0 Å². The molecule has 7 heteroatoms. The summed E-state index contributed by atoms with van der Waals surface area (Å²) in [4.78, 5) is 15.9. The van der Waals surface area contributed by atoms with Crippen molar-refractivity contribution in [2.75, 3.05) is 6.61 Å². The van der Waals surface area contributed by atoms with Crippen LogP contribution < -0.4 is 4.74 Å². The number of nitrogens with zero attached hydrogens (tertiary/aromatic N) is 2. The van der Waals surface area contributed by atoms with E-state index in [4.69, 9.17) is 9.26 Å². The number of aromatic carboxylic acids is 1. The summed E-state index contributed by atoms with van der Waals surface area (Å²) in [6.07, 6.45) is 3.17. The van der Waals surface area contributed by atoms with E-state index in [1.807, 2.05) is 18.2 Å². The Morgan fingerprint density at radius 1 is 1.36 bits per heavy atom. The maximum atomic E-state index is 11.3. The number of aromatic nitrogens is 2. The molecule has 0 atom stereocenters. The predicted octanol–water partition coefficient (Wildman–Crippen LogP) is 4.51. The van der Waals surface area contributed by atoms with Gasteiger partial charge in [-0.3, -0.25) is 0 Å². The molecule has 0 bridgehead atoms. The van der Waals surface area contributed by atoms with E-state index < -0.39 is 5.97 Å². The van der Waals surface area contributed by atoms with Gasteiger partial charge in [-0.05, 0) is 31.0 Å². The van der Waals surface area contributed by atoms with Gasteiger partial charge in [0, 0.05) is 16.7 Å². The summed E-state index contributed by atoms with van der Waals surface area (Å²) >= 11 is 1.16. The smallest absolute Gasteiger partial charge is 0.347 e. The molecule has 0 aliphatic heterocycles. The molecule has 0 saturated carbocycles. The second kappa shape index (κ2) is 7.06. The first-order chi connectivity index (χ1) is 12.0. The molecule has 2 heterocycles. The lowest BCUT2D eigenvalue weighted by Crippen LogP contribution is -2.05. The number of aryl methyl sites for hydroxylation is 1. The van der Waals surface area contributed by atoms with Crippen molar-refractivity contribution in [3.05, 3.63) is 41.2 Å². The summed E-state index contributed by atoms with van der Waals surface area (Å²) in [5, 5.41) is 13.6. The lowest BCUT2D eigenvalue weighted by molar-refractivity contribution is 0.0701. The fourth-order valence-electron chi connectivity index (χ4n) is 2.33. The summed E-state index contributed by atoms with van der Waals surface area (Å²) < 4.78 is 10.9. The summed E-state index contributed by atoms with van der Waals surface area (Å²) in [7, 11) is 0. The number of rotatable bonds is 6. The highest BCUT2D eigenvalue weighted by atomic mass is 32.1. The zero-order chi connectivity index (χ0) is 18.0. The molecule has 1 N–H and O–H groups in total. The van der Waals surface area contributed by atoms with Crippen molar-refractivity contribution in [2.24, 2.45) is 5.92 Å². The van der Waals surface area contributed by atoms with Crippen LogP contribution in [0.25, 0.3) is 21.7 Å². The average molecular weight is 358 g/mol. The summed E-state index contributed by atoms with van der Waals surface area (Å²) in [5.74, 6) is 0.166. The van der Waals surface area contributed by atoms with E-state index >= 15 is 0 Å². The lowest BCUT2D eigenvalue weighted by Gasteiger charge is -2.13. The Morgan fingerprint density at radius 3 is 2.76 bits per heavy atom. The second-order valence-corrected chi connectivity index (χ2v) is 7.07. The van der Waals surface area contributed by atoms with Gasteiger partial charge in [0.2, 0.25) is 0 Å². The van der Waals surface area contributed by atoms with Gasteiger partial charge in [-0.1, -0.05) is 19.0 Å². The largest absolute Gasteiger partial charge is 0.493 e. The molecule has 0 fully saturated rings. The molecular weight excluding hydrogens is 340 g/mol. The van der Waals surface area contributed by atoms with Gasteiger partial charge in [-0.25, -0.2) is 9.78 Å². The van der Waals surface area contributed by atoms with Crippen molar-refractivity contribution in [1.29, 1.82) is 0 Å². The highest BCUT2D eigenvalue weighted by molar-refractivity contribution is 7.17. The quantitative estimate of drug-likeness (QED) is 0.698. The fourth-order valence-corrected chi connectivity index (χ4v) is 3.23.